The SMILES string of the molecule is C=C(C)C(C)(C)/C(C)=C(/C)C(C)(C)OC(=O)C(C)(C)C(=O)CC(C)(C)C(=O)N(C)CC. The van der Waals surface area contributed by atoms with Gasteiger partial charge in [0.05, 0.1) is 5.41 Å². The van der Waals surface area contributed by atoms with Crippen LogP contribution < -0.4 is 0 Å². The molecule has 0 aliphatic carbocycles. The lowest BCUT2D eigenvalue weighted by molar-refractivity contribution is -0.168. The summed E-state index contributed by atoms with van der Waals surface area (Å²) in [5.74, 6) is -1.02. The van der Waals surface area contributed by atoms with Gasteiger partial charge in [0.2, 0.25) is 5.91 Å². The summed E-state index contributed by atoms with van der Waals surface area (Å²) in [7, 11) is 1.71. The van der Waals surface area contributed by atoms with Crippen molar-refractivity contribution in [3.05, 3.63) is 23.3 Å². The van der Waals surface area contributed by atoms with E-state index in [1.54, 1.807) is 39.6 Å². The summed E-state index contributed by atoms with van der Waals surface area (Å²) in [5, 5.41) is 0. The van der Waals surface area contributed by atoms with Crippen molar-refractivity contribution in [3.63, 3.8) is 0 Å². The van der Waals surface area contributed by atoms with Gasteiger partial charge in [0.1, 0.15) is 11.0 Å². The average Bonchev–Trinajstić information content (AvgIpc) is 2.64. The van der Waals surface area contributed by atoms with Gasteiger partial charge in [-0.25, -0.2) is 0 Å². The maximum atomic E-state index is 13.1. The maximum Gasteiger partial charge on any atom is 0.319 e. The van der Waals surface area contributed by atoms with Crippen LogP contribution in [0.1, 0.15) is 89.5 Å². The molecule has 0 aromatic rings. The van der Waals surface area contributed by atoms with Crippen molar-refractivity contribution in [2.24, 2.45) is 16.2 Å². The molecular weight excluding hydrogens is 390 g/mol. The smallest absolute Gasteiger partial charge is 0.319 e. The number of rotatable bonds is 10. The van der Waals surface area contributed by atoms with Crippen molar-refractivity contribution >= 4 is 17.7 Å². The Morgan fingerprint density at radius 2 is 1.29 bits per heavy atom. The Morgan fingerprint density at radius 1 is 0.839 bits per heavy atom. The Morgan fingerprint density at radius 3 is 1.68 bits per heavy atom. The van der Waals surface area contributed by atoms with Crippen molar-refractivity contribution in [2.45, 2.75) is 95.1 Å². The molecule has 0 N–H and O–H groups in total. The first-order chi connectivity index (χ1) is 13.7. The van der Waals surface area contributed by atoms with E-state index in [9.17, 15) is 14.4 Å². The second-order valence-corrected chi connectivity index (χ2v) is 11.0. The van der Waals surface area contributed by atoms with E-state index in [1.165, 1.54) is 0 Å². The van der Waals surface area contributed by atoms with E-state index in [1.807, 2.05) is 41.5 Å². The first-order valence-electron chi connectivity index (χ1n) is 11.0. The Bertz CT molecular complexity index is 766. The van der Waals surface area contributed by atoms with Crippen LogP contribution in [0, 0.1) is 16.2 Å². The third-order valence-corrected chi connectivity index (χ3v) is 7.03. The number of hydrogen-bond acceptors (Lipinski definition) is 4. The van der Waals surface area contributed by atoms with Gasteiger partial charge in [-0.1, -0.05) is 45.4 Å². The molecule has 178 valence electrons. The van der Waals surface area contributed by atoms with Gasteiger partial charge in [-0.2, -0.15) is 0 Å². The quantitative estimate of drug-likeness (QED) is 0.249. The molecule has 0 saturated heterocycles. The van der Waals surface area contributed by atoms with E-state index < -0.39 is 22.4 Å². The van der Waals surface area contributed by atoms with Gasteiger partial charge >= 0.3 is 5.97 Å². The third-order valence-electron chi connectivity index (χ3n) is 7.03. The van der Waals surface area contributed by atoms with Gasteiger partial charge in [-0.3, -0.25) is 14.4 Å². The molecule has 1 amide bonds. The zero-order valence-electron chi connectivity index (χ0n) is 22.2. The Balaban J connectivity index is 5.73. The normalized spacial score (nSPS) is 14.0. The molecule has 0 heterocycles. The Hall–Kier alpha value is -1.91. The van der Waals surface area contributed by atoms with E-state index in [-0.39, 0.29) is 23.5 Å². The highest BCUT2D eigenvalue weighted by atomic mass is 16.6. The fraction of sp³-hybridized carbons (Fsp3) is 0.731. The van der Waals surface area contributed by atoms with Gasteiger partial charge in [-0.15, -0.1) is 0 Å². The summed E-state index contributed by atoms with van der Waals surface area (Å²) in [4.78, 5) is 40.4. The van der Waals surface area contributed by atoms with Gasteiger partial charge in [-0.05, 0) is 61.0 Å². The number of hydrogen-bond donors (Lipinski definition) is 0. The molecule has 0 radical (unpaired) electrons. The fourth-order valence-corrected chi connectivity index (χ4v) is 3.15. The largest absolute Gasteiger partial charge is 0.454 e. The van der Waals surface area contributed by atoms with Crippen LogP contribution in [0.2, 0.25) is 0 Å². The molecule has 0 rings (SSSR count). The maximum absolute atomic E-state index is 13.1. The molecule has 0 spiro atoms. The standard InChI is InChI=1S/C26H45NO4/c1-15-27(14)21(29)23(6,7)16-20(28)25(10,11)22(30)31-26(12,13)19(5)18(4)24(8,9)17(2)3/h2,15-16H2,1,3-14H3/b19-18-. The molecule has 0 bridgehead atoms. The molecule has 0 atom stereocenters. The summed E-state index contributed by atoms with van der Waals surface area (Å²) < 4.78 is 5.88. The molecule has 0 unspecified atom stereocenters. The minimum atomic E-state index is -1.36. The highest BCUT2D eigenvalue weighted by molar-refractivity contribution is 6.04. The fourth-order valence-electron chi connectivity index (χ4n) is 3.15. The summed E-state index contributed by atoms with van der Waals surface area (Å²) >= 11 is 0. The van der Waals surface area contributed by atoms with Crippen molar-refractivity contribution < 1.29 is 19.1 Å². The Kier molecular flexibility index (Phi) is 9.11. The first kappa shape index (κ1) is 29.1. The number of carbonyl (C=O) groups is 3. The number of nitrogens with zero attached hydrogens (tertiary/aromatic N) is 1. The van der Waals surface area contributed by atoms with Crippen LogP contribution >= 0.6 is 0 Å². The average molecular weight is 436 g/mol. The molecule has 0 aromatic carbocycles. The second kappa shape index (κ2) is 9.70. The minimum absolute atomic E-state index is 0.0325. The van der Waals surface area contributed by atoms with Gasteiger partial charge in [0.15, 0.2) is 5.78 Å². The highest BCUT2D eigenvalue weighted by Crippen LogP contribution is 2.39. The van der Waals surface area contributed by atoms with E-state index >= 15 is 0 Å². The first-order valence-corrected chi connectivity index (χ1v) is 11.0. The zero-order valence-corrected chi connectivity index (χ0v) is 22.2. The number of amides is 1. The van der Waals surface area contributed by atoms with Crippen LogP contribution in [0.5, 0.6) is 0 Å². The van der Waals surface area contributed by atoms with Crippen LogP contribution in [0.25, 0.3) is 0 Å². The van der Waals surface area contributed by atoms with E-state index in [0.29, 0.717) is 6.54 Å². The predicted octanol–water partition coefficient (Wildman–Crippen LogP) is 5.74. The number of Topliss-reactive ketones (excluding diaryl/α,β-unsaturated/α-hetero) is 1. The number of ether oxygens (including phenoxy) is 1. The summed E-state index contributed by atoms with van der Waals surface area (Å²) in [6, 6.07) is 0. The van der Waals surface area contributed by atoms with Crippen LogP contribution in [0.15, 0.2) is 23.3 Å². The number of allylic oxidation sites excluding steroid dienone is 2. The Labute approximate surface area is 190 Å². The molecule has 0 aliphatic heterocycles. The van der Waals surface area contributed by atoms with Crippen LogP contribution in [0.4, 0.5) is 0 Å². The monoisotopic (exact) mass is 435 g/mol. The summed E-state index contributed by atoms with van der Waals surface area (Å²) in [6.07, 6.45) is -0.0325. The van der Waals surface area contributed by atoms with E-state index in [2.05, 4.69) is 20.4 Å². The van der Waals surface area contributed by atoms with Gasteiger partial charge < -0.3 is 9.64 Å². The predicted molar refractivity (Wildman–Crippen MR) is 128 cm³/mol. The minimum Gasteiger partial charge on any atom is -0.454 e. The second-order valence-electron chi connectivity index (χ2n) is 11.0. The van der Waals surface area contributed by atoms with Crippen molar-refractivity contribution in [3.8, 4) is 0 Å². The molecule has 0 aromatic heterocycles. The van der Waals surface area contributed by atoms with Crippen LogP contribution in [0.3, 0.4) is 0 Å². The molecular formula is C26H45NO4. The molecule has 0 aliphatic rings. The van der Waals surface area contributed by atoms with Crippen LogP contribution in [-0.4, -0.2) is 41.8 Å². The molecule has 5 nitrogen and oxygen atoms in total. The van der Waals surface area contributed by atoms with Gasteiger partial charge in [0.25, 0.3) is 0 Å². The van der Waals surface area contributed by atoms with E-state index in [4.69, 9.17) is 4.74 Å². The van der Waals surface area contributed by atoms with Crippen molar-refractivity contribution in [2.75, 3.05) is 13.6 Å². The van der Waals surface area contributed by atoms with Crippen molar-refractivity contribution in [1.29, 1.82) is 0 Å². The molecule has 5 heteroatoms. The topological polar surface area (TPSA) is 63.7 Å². The number of carbonyl (C=O) groups excluding carboxylic acids is 3. The van der Waals surface area contributed by atoms with Gasteiger partial charge in [0, 0.05) is 25.4 Å². The zero-order chi connectivity index (χ0) is 25.2. The number of esters is 1. The molecule has 31 heavy (non-hydrogen) atoms. The highest BCUT2D eigenvalue weighted by Gasteiger charge is 2.44. The summed E-state index contributed by atoms with van der Waals surface area (Å²) in [5.41, 5.74) is -0.363. The lowest BCUT2D eigenvalue weighted by Crippen LogP contribution is -2.45. The molecule has 0 saturated carbocycles. The lowest BCUT2D eigenvalue weighted by Gasteiger charge is -2.36. The van der Waals surface area contributed by atoms with Crippen molar-refractivity contribution in [1.82, 2.24) is 4.90 Å². The number of ketones is 1. The summed E-state index contributed by atoms with van der Waals surface area (Å²) in [6.45, 7) is 26.9. The van der Waals surface area contributed by atoms with Crippen LogP contribution in [-0.2, 0) is 19.1 Å². The van der Waals surface area contributed by atoms with E-state index in [0.717, 1.165) is 16.7 Å². The molecule has 0 fully saturated rings. The third kappa shape index (κ3) is 6.54. The lowest BCUT2D eigenvalue weighted by atomic mass is 9.74.